The third-order valence-corrected chi connectivity index (χ3v) is 6.66. The molecular weight excluding hydrogens is 398 g/mol. The number of pyridine rings is 1. The van der Waals surface area contributed by atoms with Gasteiger partial charge < -0.3 is 4.57 Å². The van der Waals surface area contributed by atoms with Crippen LogP contribution in [0.1, 0.15) is 48.5 Å². The van der Waals surface area contributed by atoms with E-state index >= 15 is 0 Å². The van der Waals surface area contributed by atoms with Crippen molar-refractivity contribution in [3.8, 4) is 0 Å². The van der Waals surface area contributed by atoms with Gasteiger partial charge in [0, 0.05) is 12.6 Å². The molecule has 5 nitrogen and oxygen atoms in total. The first-order valence-electron chi connectivity index (χ1n) is 10.0. The average molecular weight is 424 g/mol. The van der Waals surface area contributed by atoms with Crippen molar-refractivity contribution in [2.24, 2.45) is 0 Å². The van der Waals surface area contributed by atoms with Crippen molar-refractivity contribution in [3.05, 3.63) is 94.4 Å². The number of carbonyl (C=O) groups is 1. The molecule has 2 aromatic carbocycles. The number of hydrogen-bond donors (Lipinski definition) is 0. The van der Waals surface area contributed by atoms with E-state index in [-0.39, 0.29) is 34.1 Å². The summed E-state index contributed by atoms with van der Waals surface area (Å²) in [5.74, 6) is -0.319. The number of nitrogens with zero attached hydrogens (tertiary/aromatic N) is 1. The number of ketones is 1. The molecule has 0 saturated heterocycles. The predicted octanol–water partition coefficient (Wildman–Crippen LogP) is 4.49. The lowest BCUT2D eigenvalue weighted by atomic mass is 10.1. The summed E-state index contributed by atoms with van der Waals surface area (Å²) in [5.41, 5.74) is 0.310. The molecule has 0 fully saturated rings. The van der Waals surface area contributed by atoms with Crippen LogP contribution in [0.25, 0.3) is 0 Å². The first kappa shape index (κ1) is 21.7. The third kappa shape index (κ3) is 4.94. The second-order valence-corrected chi connectivity index (χ2v) is 9.15. The zero-order valence-corrected chi connectivity index (χ0v) is 17.8. The first-order valence-corrected chi connectivity index (χ1v) is 11.5. The minimum absolute atomic E-state index is 0.0527. The van der Waals surface area contributed by atoms with Gasteiger partial charge in [0.05, 0.1) is 21.9 Å². The van der Waals surface area contributed by atoms with Gasteiger partial charge in [0.2, 0.25) is 9.84 Å². The molecular formula is C24H25NO4S. The molecule has 0 unspecified atom stereocenters. The SMILES string of the molecule is CCCCCC(=O)c1cc(S(=O)(=O)c2ccccc2)cn(Cc2ccccc2)c1=O. The highest BCUT2D eigenvalue weighted by Gasteiger charge is 2.23. The Bertz CT molecular complexity index is 1170. The molecule has 0 saturated carbocycles. The van der Waals surface area contributed by atoms with E-state index in [9.17, 15) is 18.0 Å². The predicted molar refractivity (Wildman–Crippen MR) is 117 cm³/mol. The maximum Gasteiger partial charge on any atom is 0.261 e. The Morgan fingerprint density at radius 1 is 0.900 bits per heavy atom. The van der Waals surface area contributed by atoms with Crippen molar-refractivity contribution in [1.29, 1.82) is 0 Å². The van der Waals surface area contributed by atoms with E-state index in [1.807, 2.05) is 37.3 Å². The summed E-state index contributed by atoms with van der Waals surface area (Å²) in [6.07, 6.45) is 4.06. The molecule has 0 spiro atoms. The van der Waals surface area contributed by atoms with E-state index in [0.717, 1.165) is 18.4 Å². The Labute approximate surface area is 176 Å². The van der Waals surface area contributed by atoms with E-state index < -0.39 is 15.4 Å². The number of carbonyl (C=O) groups excluding carboxylic acids is 1. The zero-order chi connectivity index (χ0) is 21.6. The summed E-state index contributed by atoms with van der Waals surface area (Å²) in [4.78, 5) is 25.8. The average Bonchev–Trinajstić information content (AvgIpc) is 2.76. The Morgan fingerprint density at radius 3 is 2.17 bits per heavy atom. The minimum atomic E-state index is -3.86. The highest BCUT2D eigenvalue weighted by atomic mass is 32.2. The summed E-state index contributed by atoms with van der Waals surface area (Å²) < 4.78 is 27.6. The maximum absolute atomic E-state index is 13.2. The monoisotopic (exact) mass is 423 g/mol. The number of Topliss-reactive ketones (excluding diaryl/α,β-unsaturated/α-hetero) is 1. The van der Waals surface area contributed by atoms with Gasteiger partial charge >= 0.3 is 0 Å². The second-order valence-electron chi connectivity index (χ2n) is 7.20. The Balaban J connectivity index is 2.10. The van der Waals surface area contributed by atoms with Crippen molar-refractivity contribution in [3.63, 3.8) is 0 Å². The molecule has 0 bridgehead atoms. The van der Waals surface area contributed by atoms with Gasteiger partial charge in [-0.25, -0.2) is 8.42 Å². The highest BCUT2D eigenvalue weighted by Crippen LogP contribution is 2.21. The topological polar surface area (TPSA) is 73.2 Å². The Kier molecular flexibility index (Phi) is 7.00. The molecule has 0 aliphatic carbocycles. The lowest BCUT2D eigenvalue weighted by molar-refractivity contribution is 0.0977. The zero-order valence-electron chi connectivity index (χ0n) is 17.0. The standard InChI is InChI=1S/C24H25NO4S/c1-2-3-6-15-23(26)22-16-21(30(28,29)20-13-9-5-10-14-20)18-25(24(22)27)17-19-11-7-4-8-12-19/h4-5,7-14,16,18H,2-3,6,15,17H2,1H3. The van der Waals surface area contributed by atoms with E-state index in [4.69, 9.17) is 0 Å². The van der Waals surface area contributed by atoms with Crippen molar-refractivity contribution in [2.75, 3.05) is 0 Å². The lowest BCUT2D eigenvalue weighted by Crippen LogP contribution is -2.28. The van der Waals surface area contributed by atoms with Crippen molar-refractivity contribution >= 4 is 15.6 Å². The normalized spacial score (nSPS) is 11.4. The van der Waals surface area contributed by atoms with Crippen LogP contribution in [0, 0.1) is 0 Å². The number of hydrogen-bond acceptors (Lipinski definition) is 4. The van der Waals surface area contributed by atoms with Gasteiger partial charge in [-0.1, -0.05) is 68.3 Å². The van der Waals surface area contributed by atoms with Gasteiger partial charge in [0.25, 0.3) is 5.56 Å². The Morgan fingerprint density at radius 2 is 1.53 bits per heavy atom. The fraction of sp³-hybridized carbons (Fsp3) is 0.250. The molecule has 0 aliphatic heterocycles. The van der Waals surface area contributed by atoms with Crippen LogP contribution in [0.2, 0.25) is 0 Å². The molecule has 1 aromatic heterocycles. The van der Waals surface area contributed by atoms with Gasteiger partial charge in [0.1, 0.15) is 0 Å². The quantitative estimate of drug-likeness (QED) is 0.375. The molecule has 0 atom stereocenters. The maximum atomic E-state index is 13.2. The number of benzene rings is 2. The minimum Gasteiger partial charge on any atom is -0.309 e. The van der Waals surface area contributed by atoms with E-state index in [0.29, 0.717) is 6.42 Å². The van der Waals surface area contributed by atoms with Crippen LogP contribution < -0.4 is 5.56 Å². The number of rotatable bonds is 9. The van der Waals surface area contributed by atoms with Gasteiger partial charge in [-0.3, -0.25) is 9.59 Å². The lowest BCUT2D eigenvalue weighted by Gasteiger charge is -2.12. The van der Waals surface area contributed by atoms with E-state index in [1.54, 1.807) is 18.2 Å². The van der Waals surface area contributed by atoms with Gasteiger partial charge in [-0.15, -0.1) is 0 Å². The van der Waals surface area contributed by atoms with Crippen LogP contribution in [0.4, 0.5) is 0 Å². The molecule has 0 amide bonds. The summed E-state index contributed by atoms with van der Waals surface area (Å²) in [5, 5.41) is 0. The molecule has 1 heterocycles. The Hall–Kier alpha value is -2.99. The van der Waals surface area contributed by atoms with Gasteiger partial charge in [-0.05, 0) is 30.2 Å². The summed E-state index contributed by atoms with van der Waals surface area (Å²) >= 11 is 0. The number of aromatic nitrogens is 1. The number of sulfone groups is 1. The van der Waals surface area contributed by atoms with Crippen LogP contribution in [-0.2, 0) is 16.4 Å². The highest BCUT2D eigenvalue weighted by molar-refractivity contribution is 7.91. The van der Waals surface area contributed by atoms with Crippen LogP contribution in [0.3, 0.4) is 0 Å². The van der Waals surface area contributed by atoms with Crippen molar-refractivity contribution in [2.45, 2.75) is 48.9 Å². The van der Waals surface area contributed by atoms with Gasteiger partial charge in [0.15, 0.2) is 5.78 Å². The number of unbranched alkanes of at least 4 members (excludes halogenated alkanes) is 2. The summed E-state index contributed by atoms with van der Waals surface area (Å²) in [6, 6.07) is 18.5. The molecule has 30 heavy (non-hydrogen) atoms. The first-order chi connectivity index (χ1) is 14.4. The van der Waals surface area contributed by atoms with Crippen molar-refractivity contribution < 1.29 is 13.2 Å². The molecule has 156 valence electrons. The van der Waals surface area contributed by atoms with Crippen LogP contribution >= 0.6 is 0 Å². The van der Waals surface area contributed by atoms with Crippen LogP contribution in [0.15, 0.2) is 87.5 Å². The molecule has 3 rings (SSSR count). The van der Waals surface area contributed by atoms with Crippen LogP contribution in [-0.4, -0.2) is 18.8 Å². The third-order valence-electron chi connectivity index (χ3n) is 4.93. The molecule has 6 heteroatoms. The molecule has 0 aliphatic rings. The summed E-state index contributed by atoms with van der Waals surface area (Å²) in [6.45, 7) is 2.22. The smallest absolute Gasteiger partial charge is 0.261 e. The molecule has 3 aromatic rings. The van der Waals surface area contributed by atoms with Crippen molar-refractivity contribution in [1.82, 2.24) is 4.57 Å². The molecule has 0 radical (unpaired) electrons. The largest absolute Gasteiger partial charge is 0.309 e. The second kappa shape index (κ2) is 9.67. The molecule has 0 N–H and O–H groups in total. The van der Waals surface area contributed by atoms with E-state index in [1.165, 1.54) is 29.0 Å². The summed E-state index contributed by atoms with van der Waals surface area (Å²) in [7, 11) is -3.86. The van der Waals surface area contributed by atoms with Crippen LogP contribution in [0.5, 0.6) is 0 Å². The fourth-order valence-corrected chi connectivity index (χ4v) is 4.59. The van der Waals surface area contributed by atoms with Gasteiger partial charge in [-0.2, -0.15) is 0 Å². The van der Waals surface area contributed by atoms with E-state index in [2.05, 4.69) is 0 Å². The fourth-order valence-electron chi connectivity index (χ4n) is 3.26.